The maximum Gasteiger partial charge on any atom is 0.331 e. The van der Waals surface area contributed by atoms with Crippen molar-refractivity contribution in [2.45, 2.75) is 0 Å². The Kier molecular flexibility index (Phi) is 1.93. The first-order valence-electron chi connectivity index (χ1n) is 4.18. The van der Waals surface area contributed by atoms with Gasteiger partial charge >= 0.3 is 5.97 Å². The molecule has 0 radical (unpaired) electrons. The minimum Gasteiger partial charge on any atom is -0.466 e. The van der Waals surface area contributed by atoms with Crippen molar-refractivity contribution in [2.24, 2.45) is 0 Å². The summed E-state index contributed by atoms with van der Waals surface area (Å²) in [7, 11) is 1.29. The molecule has 0 amide bonds. The highest BCUT2D eigenvalue weighted by Crippen LogP contribution is 2.33. The van der Waals surface area contributed by atoms with Gasteiger partial charge in [-0.3, -0.25) is 4.79 Å². The van der Waals surface area contributed by atoms with Gasteiger partial charge < -0.3 is 4.74 Å². The predicted octanol–water partition coefficient (Wildman–Crippen LogP) is 1.44. The SMILES string of the molecule is COC(=O)/C=C1/C(=O)c2ccccc21. The van der Waals surface area contributed by atoms with Crippen LogP contribution in [-0.2, 0) is 9.53 Å². The van der Waals surface area contributed by atoms with E-state index in [1.807, 2.05) is 12.1 Å². The molecule has 0 unspecified atom stereocenters. The number of benzene rings is 1. The fraction of sp³-hybridized carbons (Fsp3) is 0.0909. The van der Waals surface area contributed by atoms with Gasteiger partial charge in [-0.05, 0) is 5.56 Å². The van der Waals surface area contributed by atoms with Crippen molar-refractivity contribution < 1.29 is 14.3 Å². The van der Waals surface area contributed by atoms with Crippen molar-refractivity contribution in [2.75, 3.05) is 7.11 Å². The lowest BCUT2D eigenvalue weighted by molar-refractivity contribution is -0.134. The molecule has 0 atom stereocenters. The molecule has 1 aromatic carbocycles. The molecule has 3 heteroatoms. The van der Waals surface area contributed by atoms with Crippen molar-refractivity contribution in [3.8, 4) is 0 Å². The standard InChI is InChI=1S/C11H8O3/c1-14-10(12)6-9-7-4-2-3-5-8(7)11(9)13/h2-6H,1H3/b9-6+. The summed E-state index contributed by atoms with van der Waals surface area (Å²) >= 11 is 0. The van der Waals surface area contributed by atoms with Gasteiger partial charge in [0.05, 0.1) is 7.11 Å². The van der Waals surface area contributed by atoms with Crippen molar-refractivity contribution in [3.63, 3.8) is 0 Å². The van der Waals surface area contributed by atoms with Crippen molar-refractivity contribution in [3.05, 3.63) is 41.5 Å². The molecule has 0 bridgehead atoms. The molecule has 0 saturated carbocycles. The summed E-state index contributed by atoms with van der Waals surface area (Å²) in [6.45, 7) is 0. The van der Waals surface area contributed by atoms with E-state index in [9.17, 15) is 9.59 Å². The van der Waals surface area contributed by atoms with Crippen LogP contribution in [0.1, 0.15) is 15.9 Å². The number of methoxy groups -OCH3 is 1. The molecule has 0 N–H and O–H groups in total. The number of allylic oxidation sites excluding steroid dienone is 1. The fourth-order valence-electron chi connectivity index (χ4n) is 1.44. The topological polar surface area (TPSA) is 43.4 Å². The summed E-state index contributed by atoms with van der Waals surface area (Å²) < 4.78 is 4.45. The summed E-state index contributed by atoms with van der Waals surface area (Å²) in [4.78, 5) is 22.3. The molecule has 0 aromatic heterocycles. The van der Waals surface area contributed by atoms with Crippen LogP contribution in [0.3, 0.4) is 0 Å². The first-order valence-corrected chi connectivity index (χ1v) is 4.18. The molecule has 0 fully saturated rings. The van der Waals surface area contributed by atoms with E-state index in [4.69, 9.17) is 0 Å². The number of fused-ring (bicyclic) bond motifs is 1. The van der Waals surface area contributed by atoms with E-state index >= 15 is 0 Å². The van der Waals surface area contributed by atoms with Gasteiger partial charge in [-0.1, -0.05) is 24.3 Å². The Hall–Kier alpha value is -1.90. The summed E-state index contributed by atoms with van der Waals surface area (Å²) in [6.07, 6.45) is 1.23. The van der Waals surface area contributed by atoms with E-state index in [1.54, 1.807) is 12.1 Å². The van der Waals surface area contributed by atoms with Crippen LogP contribution in [0.2, 0.25) is 0 Å². The first kappa shape index (κ1) is 8.69. The van der Waals surface area contributed by atoms with Gasteiger partial charge in [0, 0.05) is 17.2 Å². The van der Waals surface area contributed by atoms with Gasteiger partial charge in [-0.25, -0.2) is 4.79 Å². The van der Waals surface area contributed by atoms with E-state index in [0.29, 0.717) is 11.1 Å². The molecule has 70 valence electrons. The molecule has 0 saturated heterocycles. The highest BCUT2D eigenvalue weighted by Gasteiger charge is 2.29. The van der Waals surface area contributed by atoms with Gasteiger partial charge in [-0.2, -0.15) is 0 Å². The van der Waals surface area contributed by atoms with Crippen LogP contribution in [0.5, 0.6) is 0 Å². The lowest BCUT2D eigenvalue weighted by Crippen LogP contribution is -2.18. The van der Waals surface area contributed by atoms with E-state index in [2.05, 4.69) is 4.74 Å². The van der Waals surface area contributed by atoms with Crippen LogP contribution in [0.25, 0.3) is 5.57 Å². The number of ketones is 1. The quantitative estimate of drug-likeness (QED) is 0.494. The van der Waals surface area contributed by atoms with Crippen molar-refractivity contribution in [1.29, 1.82) is 0 Å². The number of carbonyl (C=O) groups is 2. The second kappa shape index (κ2) is 3.10. The van der Waals surface area contributed by atoms with Crippen LogP contribution in [0.4, 0.5) is 0 Å². The van der Waals surface area contributed by atoms with Crippen LogP contribution in [-0.4, -0.2) is 18.9 Å². The molecule has 1 aliphatic rings. The monoisotopic (exact) mass is 188 g/mol. The molecular formula is C11H8O3. The largest absolute Gasteiger partial charge is 0.466 e. The van der Waals surface area contributed by atoms with Crippen LogP contribution < -0.4 is 0 Å². The maximum atomic E-state index is 11.4. The molecule has 0 aliphatic heterocycles. The molecule has 14 heavy (non-hydrogen) atoms. The van der Waals surface area contributed by atoms with Crippen molar-refractivity contribution in [1.82, 2.24) is 0 Å². The predicted molar refractivity (Wildman–Crippen MR) is 50.8 cm³/mol. The lowest BCUT2D eigenvalue weighted by atomic mass is 9.81. The molecule has 0 heterocycles. The number of carbonyl (C=O) groups excluding carboxylic acids is 2. The molecule has 1 aliphatic carbocycles. The van der Waals surface area contributed by atoms with E-state index in [-0.39, 0.29) is 5.78 Å². The number of Topliss-reactive ketones (excluding diaryl/α,β-unsaturated/α-hetero) is 1. The summed E-state index contributed by atoms with van der Waals surface area (Å²) in [5, 5.41) is 0. The Labute approximate surface area is 81.0 Å². The second-order valence-electron chi connectivity index (χ2n) is 2.96. The minimum atomic E-state index is -0.497. The lowest BCUT2D eigenvalue weighted by Gasteiger charge is -2.19. The average molecular weight is 188 g/mol. The number of esters is 1. The average Bonchev–Trinajstić information content (AvgIpc) is 2.25. The van der Waals surface area contributed by atoms with Gasteiger partial charge in [0.15, 0.2) is 5.78 Å². The van der Waals surface area contributed by atoms with Gasteiger partial charge in [-0.15, -0.1) is 0 Å². The Morgan fingerprint density at radius 3 is 2.57 bits per heavy atom. The highest BCUT2D eigenvalue weighted by atomic mass is 16.5. The summed E-state index contributed by atoms with van der Waals surface area (Å²) in [6, 6.07) is 7.18. The molecule has 1 aromatic rings. The van der Waals surface area contributed by atoms with Gasteiger partial charge in [0.2, 0.25) is 0 Å². The Morgan fingerprint density at radius 1 is 1.29 bits per heavy atom. The third-order valence-corrected chi connectivity index (χ3v) is 2.17. The molecule has 3 nitrogen and oxygen atoms in total. The number of ether oxygens (including phenoxy) is 1. The van der Waals surface area contributed by atoms with E-state index in [1.165, 1.54) is 13.2 Å². The number of hydrogen-bond acceptors (Lipinski definition) is 3. The maximum absolute atomic E-state index is 11.4. The zero-order valence-corrected chi connectivity index (χ0v) is 7.61. The fourth-order valence-corrected chi connectivity index (χ4v) is 1.44. The third-order valence-electron chi connectivity index (χ3n) is 2.17. The zero-order valence-electron chi connectivity index (χ0n) is 7.61. The zero-order chi connectivity index (χ0) is 10.1. The summed E-state index contributed by atoms with van der Waals surface area (Å²) in [5.41, 5.74) is 1.93. The second-order valence-corrected chi connectivity index (χ2v) is 2.96. The van der Waals surface area contributed by atoms with E-state index in [0.717, 1.165) is 5.56 Å². The smallest absolute Gasteiger partial charge is 0.331 e. The minimum absolute atomic E-state index is 0.0917. The Morgan fingerprint density at radius 2 is 1.93 bits per heavy atom. The highest BCUT2D eigenvalue weighted by molar-refractivity contribution is 6.40. The van der Waals surface area contributed by atoms with Crippen molar-refractivity contribution >= 4 is 17.3 Å². The van der Waals surface area contributed by atoms with Crippen LogP contribution in [0, 0.1) is 0 Å². The molecule has 0 spiro atoms. The number of hydrogen-bond donors (Lipinski definition) is 0. The Bertz CT molecular complexity index is 444. The van der Waals surface area contributed by atoms with Crippen LogP contribution in [0.15, 0.2) is 30.3 Å². The molecular weight excluding hydrogens is 180 g/mol. The normalized spacial score (nSPS) is 16.1. The molecule has 2 rings (SSSR count). The number of rotatable bonds is 1. The third kappa shape index (κ3) is 1.14. The van der Waals surface area contributed by atoms with Gasteiger partial charge in [0.1, 0.15) is 0 Å². The summed E-state index contributed by atoms with van der Waals surface area (Å²) in [5.74, 6) is -0.589. The van der Waals surface area contributed by atoms with Gasteiger partial charge in [0.25, 0.3) is 0 Å². The van der Waals surface area contributed by atoms with E-state index < -0.39 is 5.97 Å². The van der Waals surface area contributed by atoms with Crippen LogP contribution >= 0.6 is 0 Å². The first-order chi connectivity index (χ1) is 6.74. The Balaban J connectivity index is 2.41.